The first-order valence-corrected chi connectivity index (χ1v) is 9.92. The van der Waals surface area contributed by atoms with Crippen LogP contribution in [0.2, 0.25) is 0 Å². The molecule has 0 radical (unpaired) electrons. The minimum Gasteiger partial charge on any atom is -0.394 e. The Morgan fingerprint density at radius 2 is 1.97 bits per heavy atom. The molecule has 0 saturated carbocycles. The molecular formula is C23H20N6O2. The average molecular weight is 412 g/mol. The molecule has 0 aliphatic heterocycles. The number of H-pyrrole nitrogens is 2. The van der Waals surface area contributed by atoms with Crippen LogP contribution in [0.1, 0.15) is 27.7 Å². The van der Waals surface area contributed by atoms with Crippen LogP contribution >= 0.6 is 0 Å². The van der Waals surface area contributed by atoms with Crippen molar-refractivity contribution in [3.05, 3.63) is 90.1 Å². The fourth-order valence-corrected chi connectivity index (χ4v) is 3.75. The van der Waals surface area contributed by atoms with E-state index in [-0.39, 0.29) is 24.9 Å². The molecule has 2 aromatic carbocycles. The highest BCUT2D eigenvalue weighted by molar-refractivity contribution is 6.07. The minimum absolute atomic E-state index is 0.0813. The van der Waals surface area contributed by atoms with Crippen molar-refractivity contribution in [2.75, 3.05) is 6.61 Å². The number of carbonyl (C=O) groups is 1. The predicted octanol–water partition coefficient (Wildman–Crippen LogP) is 3.16. The Morgan fingerprint density at radius 3 is 2.74 bits per heavy atom. The van der Waals surface area contributed by atoms with E-state index in [9.17, 15) is 9.90 Å². The lowest BCUT2D eigenvalue weighted by Gasteiger charge is -2.15. The third kappa shape index (κ3) is 3.64. The Bertz CT molecular complexity index is 1320. The van der Waals surface area contributed by atoms with Crippen molar-refractivity contribution in [1.29, 1.82) is 0 Å². The SMILES string of the molecule is O=C(Cc1cnn(C(CO)c2ccccc2)c1)c1n[nH]c2cc(-c3cn[nH]c3)ccc12. The molecular weight excluding hydrogens is 392 g/mol. The summed E-state index contributed by atoms with van der Waals surface area (Å²) in [6.07, 6.45) is 7.20. The molecule has 8 heteroatoms. The number of hydrogen-bond acceptors (Lipinski definition) is 5. The van der Waals surface area contributed by atoms with E-state index in [0.29, 0.717) is 5.69 Å². The quantitative estimate of drug-likeness (QED) is 0.356. The fraction of sp³-hybridized carbons (Fsp3) is 0.130. The first kappa shape index (κ1) is 19.0. The van der Waals surface area contributed by atoms with Gasteiger partial charge in [-0.25, -0.2) is 0 Å². The maximum Gasteiger partial charge on any atom is 0.188 e. The molecule has 3 N–H and O–H groups in total. The first-order chi connectivity index (χ1) is 15.2. The second-order valence-corrected chi connectivity index (χ2v) is 7.36. The summed E-state index contributed by atoms with van der Waals surface area (Å²) in [5.41, 5.74) is 4.88. The van der Waals surface area contributed by atoms with Gasteiger partial charge < -0.3 is 5.11 Å². The predicted molar refractivity (Wildman–Crippen MR) is 116 cm³/mol. The number of nitrogens with one attached hydrogen (secondary N) is 2. The molecule has 0 aliphatic carbocycles. The Kier molecular flexibility index (Phi) is 4.89. The molecule has 0 saturated heterocycles. The van der Waals surface area contributed by atoms with E-state index < -0.39 is 0 Å². The number of nitrogens with zero attached hydrogens (tertiary/aromatic N) is 4. The zero-order chi connectivity index (χ0) is 21.2. The fourth-order valence-electron chi connectivity index (χ4n) is 3.75. The number of fused-ring (bicyclic) bond motifs is 1. The lowest BCUT2D eigenvalue weighted by atomic mass is 10.0. The van der Waals surface area contributed by atoms with Gasteiger partial charge in [-0.05, 0) is 28.8 Å². The van der Waals surface area contributed by atoms with Crippen LogP contribution in [0, 0.1) is 0 Å². The molecule has 0 bridgehead atoms. The molecule has 8 nitrogen and oxygen atoms in total. The number of rotatable bonds is 7. The summed E-state index contributed by atoms with van der Waals surface area (Å²) >= 11 is 0. The first-order valence-electron chi connectivity index (χ1n) is 9.92. The van der Waals surface area contributed by atoms with Gasteiger partial charge >= 0.3 is 0 Å². The van der Waals surface area contributed by atoms with Crippen LogP contribution in [0.15, 0.2) is 73.3 Å². The van der Waals surface area contributed by atoms with Crippen LogP contribution in [0.25, 0.3) is 22.0 Å². The summed E-state index contributed by atoms with van der Waals surface area (Å²) in [6, 6.07) is 15.2. The number of benzene rings is 2. The summed E-state index contributed by atoms with van der Waals surface area (Å²) < 4.78 is 1.69. The third-order valence-electron chi connectivity index (χ3n) is 5.35. The van der Waals surface area contributed by atoms with Gasteiger partial charge in [0.25, 0.3) is 0 Å². The Balaban J connectivity index is 1.36. The highest BCUT2D eigenvalue weighted by atomic mass is 16.3. The average Bonchev–Trinajstić information content (AvgIpc) is 3.56. The van der Waals surface area contributed by atoms with Gasteiger partial charge in [-0.15, -0.1) is 0 Å². The molecule has 5 rings (SSSR count). The van der Waals surface area contributed by atoms with E-state index >= 15 is 0 Å². The number of ketones is 1. The van der Waals surface area contributed by atoms with Crippen LogP contribution in [0.5, 0.6) is 0 Å². The van der Waals surface area contributed by atoms with E-state index in [2.05, 4.69) is 25.5 Å². The summed E-state index contributed by atoms with van der Waals surface area (Å²) in [7, 11) is 0. The number of hydrogen-bond donors (Lipinski definition) is 3. The molecule has 1 unspecified atom stereocenters. The summed E-state index contributed by atoms with van der Waals surface area (Å²) in [4.78, 5) is 12.9. The van der Waals surface area contributed by atoms with Crippen LogP contribution in [-0.2, 0) is 6.42 Å². The van der Waals surface area contributed by atoms with E-state index in [1.54, 1.807) is 23.3 Å². The summed E-state index contributed by atoms with van der Waals surface area (Å²) in [6.45, 7) is -0.0813. The number of aromatic nitrogens is 6. The molecule has 0 fully saturated rings. The number of aromatic amines is 2. The molecule has 3 aromatic heterocycles. The molecule has 31 heavy (non-hydrogen) atoms. The van der Waals surface area contributed by atoms with Gasteiger partial charge in [-0.1, -0.05) is 36.4 Å². The van der Waals surface area contributed by atoms with Gasteiger partial charge in [-0.2, -0.15) is 15.3 Å². The molecule has 0 spiro atoms. The number of aliphatic hydroxyl groups excluding tert-OH is 1. The Labute approximate surface area is 177 Å². The van der Waals surface area contributed by atoms with E-state index in [1.807, 2.05) is 54.7 Å². The number of carbonyl (C=O) groups excluding carboxylic acids is 1. The van der Waals surface area contributed by atoms with Crippen LogP contribution in [-0.4, -0.2) is 47.7 Å². The van der Waals surface area contributed by atoms with Gasteiger partial charge in [0.1, 0.15) is 5.69 Å². The van der Waals surface area contributed by atoms with Crippen molar-refractivity contribution >= 4 is 16.7 Å². The van der Waals surface area contributed by atoms with Crippen molar-refractivity contribution in [2.24, 2.45) is 0 Å². The lowest BCUT2D eigenvalue weighted by Crippen LogP contribution is -2.15. The van der Waals surface area contributed by atoms with Gasteiger partial charge in [0.15, 0.2) is 5.78 Å². The molecule has 3 heterocycles. The van der Waals surface area contributed by atoms with Gasteiger partial charge in [0.2, 0.25) is 0 Å². The van der Waals surface area contributed by atoms with E-state index in [1.165, 1.54) is 0 Å². The second-order valence-electron chi connectivity index (χ2n) is 7.36. The van der Waals surface area contributed by atoms with Gasteiger partial charge in [-0.3, -0.25) is 19.7 Å². The zero-order valence-electron chi connectivity index (χ0n) is 16.6. The normalized spacial score (nSPS) is 12.3. The van der Waals surface area contributed by atoms with Crippen molar-refractivity contribution in [3.8, 4) is 11.1 Å². The van der Waals surface area contributed by atoms with Crippen molar-refractivity contribution in [1.82, 2.24) is 30.2 Å². The monoisotopic (exact) mass is 412 g/mol. The maximum absolute atomic E-state index is 12.9. The highest BCUT2D eigenvalue weighted by Gasteiger charge is 2.18. The molecule has 0 aliphatic rings. The van der Waals surface area contributed by atoms with E-state index in [0.717, 1.165) is 33.2 Å². The van der Waals surface area contributed by atoms with Crippen LogP contribution < -0.4 is 0 Å². The topological polar surface area (TPSA) is 112 Å². The van der Waals surface area contributed by atoms with Crippen molar-refractivity contribution in [3.63, 3.8) is 0 Å². The van der Waals surface area contributed by atoms with Gasteiger partial charge in [0.05, 0.1) is 30.6 Å². The maximum atomic E-state index is 12.9. The Hall–Kier alpha value is -4.04. The molecule has 0 amide bonds. The number of Topliss-reactive ketones (excluding diaryl/α,β-unsaturated/α-hetero) is 1. The molecule has 5 aromatic rings. The van der Waals surface area contributed by atoms with Crippen molar-refractivity contribution < 1.29 is 9.90 Å². The zero-order valence-corrected chi connectivity index (χ0v) is 16.6. The smallest absolute Gasteiger partial charge is 0.188 e. The third-order valence-corrected chi connectivity index (χ3v) is 5.35. The van der Waals surface area contributed by atoms with E-state index in [4.69, 9.17) is 0 Å². The Morgan fingerprint density at radius 1 is 1.10 bits per heavy atom. The summed E-state index contributed by atoms with van der Waals surface area (Å²) in [5.74, 6) is -0.0953. The largest absolute Gasteiger partial charge is 0.394 e. The summed E-state index contributed by atoms with van der Waals surface area (Å²) in [5, 5.41) is 29.0. The van der Waals surface area contributed by atoms with Crippen molar-refractivity contribution in [2.45, 2.75) is 12.5 Å². The van der Waals surface area contributed by atoms with Crippen LogP contribution in [0.3, 0.4) is 0 Å². The van der Waals surface area contributed by atoms with Crippen LogP contribution in [0.4, 0.5) is 0 Å². The standard InChI is InChI=1S/C23H20N6O2/c30-14-21(16-4-2-1-3-5-16)29-13-15(10-26-29)8-22(31)23-19-7-6-17(9-20(19)27-28-23)18-11-24-25-12-18/h1-7,9-13,21,30H,8,14H2,(H,24,25)(H,27,28). The van der Waals surface area contributed by atoms with Gasteiger partial charge in [0, 0.05) is 29.8 Å². The molecule has 154 valence electrons. The highest BCUT2D eigenvalue weighted by Crippen LogP contribution is 2.25. The minimum atomic E-state index is -0.294. The molecule has 1 atom stereocenters. The lowest BCUT2D eigenvalue weighted by molar-refractivity contribution is 0.0989. The second kappa shape index (κ2) is 8.00. The number of aliphatic hydroxyl groups is 1.